The third-order valence-electron chi connectivity index (χ3n) is 4.63. The molecule has 3 rings (SSSR count). The summed E-state index contributed by atoms with van der Waals surface area (Å²) in [5.74, 6) is 1.84. The number of hydrogen-bond donors (Lipinski definition) is 1. The number of rotatable bonds is 3. The quantitative estimate of drug-likeness (QED) is 0.849. The molecule has 0 saturated heterocycles. The fraction of sp³-hybridized carbons (Fsp3) is 0.556. The van der Waals surface area contributed by atoms with Crippen molar-refractivity contribution in [3.05, 3.63) is 39.9 Å². The Hall–Kier alpha value is -0.990. The van der Waals surface area contributed by atoms with E-state index in [1.54, 1.807) is 0 Å². The minimum Gasteiger partial charge on any atom is -0.493 e. The molecule has 0 aromatic heterocycles. The van der Waals surface area contributed by atoms with Gasteiger partial charge in [0.05, 0.1) is 12.7 Å². The van der Waals surface area contributed by atoms with Gasteiger partial charge in [0.2, 0.25) is 0 Å². The second kappa shape index (κ2) is 6.02. The Balaban J connectivity index is 1.76. The molecule has 3 atom stereocenters. The molecule has 0 bridgehead atoms. The van der Waals surface area contributed by atoms with Crippen molar-refractivity contribution in [1.82, 2.24) is 0 Å². The van der Waals surface area contributed by atoms with Crippen LogP contribution in [-0.4, -0.2) is 17.8 Å². The number of aliphatic hydroxyl groups is 1. The van der Waals surface area contributed by atoms with Crippen LogP contribution in [-0.2, 0) is 12.8 Å². The van der Waals surface area contributed by atoms with E-state index in [9.17, 15) is 5.11 Å². The van der Waals surface area contributed by atoms with Crippen molar-refractivity contribution < 1.29 is 9.84 Å². The van der Waals surface area contributed by atoms with Gasteiger partial charge in [-0.05, 0) is 54.9 Å². The lowest BCUT2D eigenvalue weighted by Gasteiger charge is -2.29. The van der Waals surface area contributed by atoms with Crippen molar-refractivity contribution in [2.75, 3.05) is 6.61 Å². The molecule has 0 spiro atoms. The Morgan fingerprint density at radius 2 is 2.24 bits per heavy atom. The molecule has 1 aliphatic heterocycles. The number of aliphatic hydroxyl groups excluding tert-OH is 1. The van der Waals surface area contributed by atoms with Gasteiger partial charge in [0.1, 0.15) is 5.75 Å². The summed E-state index contributed by atoms with van der Waals surface area (Å²) in [6.07, 6.45) is 5.60. The topological polar surface area (TPSA) is 29.5 Å². The van der Waals surface area contributed by atoms with E-state index in [2.05, 4.69) is 19.9 Å². The van der Waals surface area contributed by atoms with E-state index in [-0.39, 0.29) is 6.10 Å². The molecule has 1 heterocycles. The van der Waals surface area contributed by atoms with Gasteiger partial charge in [-0.3, -0.25) is 0 Å². The number of allylic oxidation sites excluding steroid dienone is 2. The number of fused-ring (bicyclic) bond motifs is 1. The fourth-order valence-corrected chi connectivity index (χ4v) is 4.04. The minimum absolute atomic E-state index is 0.331. The molecule has 2 aliphatic rings. The molecule has 0 saturated carbocycles. The first-order chi connectivity index (χ1) is 10.0. The van der Waals surface area contributed by atoms with Crippen molar-refractivity contribution in [2.45, 2.75) is 45.6 Å². The lowest BCUT2D eigenvalue weighted by molar-refractivity contribution is 0.0926. The van der Waals surface area contributed by atoms with E-state index in [1.807, 2.05) is 12.1 Å². The van der Waals surface area contributed by atoms with Crippen LogP contribution in [0.2, 0.25) is 5.02 Å². The molecule has 1 aliphatic carbocycles. The number of ether oxygens (including phenoxy) is 1. The minimum atomic E-state index is -0.331. The number of halogens is 1. The van der Waals surface area contributed by atoms with E-state index >= 15 is 0 Å². The summed E-state index contributed by atoms with van der Waals surface area (Å²) in [5.41, 5.74) is 3.63. The van der Waals surface area contributed by atoms with Crippen molar-refractivity contribution in [1.29, 1.82) is 0 Å². The zero-order valence-corrected chi connectivity index (χ0v) is 13.5. The Labute approximate surface area is 131 Å². The molecule has 1 N–H and O–H groups in total. The maximum Gasteiger partial charge on any atom is 0.126 e. The third-order valence-corrected chi connectivity index (χ3v) is 4.84. The summed E-state index contributed by atoms with van der Waals surface area (Å²) in [6.45, 7) is 5.11. The van der Waals surface area contributed by atoms with Crippen molar-refractivity contribution in [2.24, 2.45) is 11.8 Å². The predicted molar refractivity (Wildman–Crippen MR) is 86.0 cm³/mol. The lowest BCUT2D eigenvalue weighted by atomic mass is 9.79. The zero-order chi connectivity index (χ0) is 15.0. The average Bonchev–Trinajstić information content (AvgIpc) is 2.85. The molecule has 21 heavy (non-hydrogen) atoms. The van der Waals surface area contributed by atoms with E-state index in [0.29, 0.717) is 18.3 Å². The van der Waals surface area contributed by atoms with Crippen LogP contribution < -0.4 is 4.74 Å². The highest BCUT2D eigenvalue weighted by molar-refractivity contribution is 6.30. The third kappa shape index (κ3) is 3.27. The number of benzene rings is 1. The van der Waals surface area contributed by atoms with E-state index < -0.39 is 0 Å². The Bertz CT molecular complexity index is 565. The van der Waals surface area contributed by atoms with E-state index in [1.165, 1.54) is 11.1 Å². The Morgan fingerprint density at radius 1 is 1.43 bits per heavy atom. The van der Waals surface area contributed by atoms with E-state index in [4.69, 9.17) is 16.3 Å². The molecule has 3 unspecified atom stereocenters. The molecule has 3 heteroatoms. The number of hydrogen-bond acceptors (Lipinski definition) is 2. The maximum absolute atomic E-state index is 10.7. The van der Waals surface area contributed by atoms with Crippen LogP contribution in [0.1, 0.15) is 37.8 Å². The highest BCUT2D eigenvalue weighted by Crippen LogP contribution is 2.36. The van der Waals surface area contributed by atoms with Gasteiger partial charge in [0.25, 0.3) is 0 Å². The SMILES string of the molecule is CC1=CC(C)CC(C(O)Cc2cc(Cl)cc3c2OCC3)C1. The van der Waals surface area contributed by atoms with Gasteiger partial charge in [0.15, 0.2) is 0 Å². The second-order valence-electron chi connectivity index (χ2n) is 6.61. The van der Waals surface area contributed by atoms with Crippen LogP contribution in [0.5, 0.6) is 5.75 Å². The van der Waals surface area contributed by atoms with Crippen LogP contribution in [0.3, 0.4) is 0 Å². The average molecular weight is 307 g/mol. The monoisotopic (exact) mass is 306 g/mol. The largest absolute Gasteiger partial charge is 0.493 e. The first-order valence-corrected chi connectivity index (χ1v) is 8.20. The lowest BCUT2D eigenvalue weighted by Crippen LogP contribution is -2.27. The Morgan fingerprint density at radius 3 is 3.00 bits per heavy atom. The van der Waals surface area contributed by atoms with Crippen LogP contribution in [0, 0.1) is 11.8 Å². The normalized spacial score (nSPS) is 26.0. The van der Waals surface area contributed by atoms with Crippen molar-refractivity contribution in [3.8, 4) is 5.75 Å². The van der Waals surface area contributed by atoms with Crippen LogP contribution >= 0.6 is 11.6 Å². The van der Waals surface area contributed by atoms with Crippen LogP contribution in [0.4, 0.5) is 0 Å². The summed E-state index contributed by atoms with van der Waals surface area (Å²) in [4.78, 5) is 0. The maximum atomic E-state index is 10.7. The first-order valence-electron chi connectivity index (χ1n) is 7.82. The van der Waals surface area contributed by atoms with Gasteiger partial charge in [-0.2, -0.15) is 0 Å². The summed E-state index contributed by atoms with van der Waals surface area (Å²) in [5, 5.41) is 11.4. The van der Waals surface area contributed by atoms with Crippen molar-refractivity contribution >= 4 is 11.6 Å². The van der Waals surface area contributed by atoms with Gasteiger partial charge < -0.3 is 9.84 Å². The summed E-state index contributed by atoms with van der Waals surface area (Å²) in [6, 6.07) is 3.93. The van der Waals surface area contributed by atoms with Gasteiger partial charge in [-0.25, -0.2) is 0 Å². The molecule has 1 aromatic carbocycles. The predicted octanol–water partition coefficient (Wildman–Crippen LogP) is 4.17. The summed E-state index contributed by atoms with van der Waals surface area (Å²) >= 11 is 6.20. The molecule has 2 nitrogen and oxygen atoms in total. The van der Waals surface area contributed by atoms with E-state index in [0.717, 1.165) is 42.2 Å². The molecule has 0 radical (unpaired) electrons. The zero-order valence-electron chi connectivity index (χ0n) is 12.7. The fourth-order valence-electron chi connectivity index (χ4n) is 3.78. The summed E-state index contributed by atoms with van der Waals surface area (Å²) in [7, 11) is 0. The highest BCUT2D eigenvalue weighted by Gasteiger charge is 2.27. The van der Waals surface area contributed by atoms with Gasteiger partial charge in [-0.15, -0.1) is 0 Å². The molecular formula is C18H23ClO2. The highest BCUT2D eigenvalue weighted by atomic mass is 35.5. The molecule has 0 amide bonds. The first kappa shape index (κ1) is 14.9. The Kier molecular flexibility index (Phi) is 4.28. The van der Waals surface area contributed by atoms with Crippen molar-refractivity contribution in [3.63, 3.8) is 0 Å². The summed E-state index contributed by atoms with van der Waals surface area (Å²) < 4.78 is 5.73. The molecule has 0 fully saturated rings. The van der Waals surface area contributed by atoms with Crippen LogP contribution in [0.25, 0.3) is 0 Å². The smallest absolute Gasteiger partial charge is 0.126 e. The standard InChI is InChI=1S/C18H23ClO2/c1-11-5-12(2)7-14(6-11)17(20)10-15-9-16(19)8-13-3-4-21-18(13)15/h5,8-9,11,14,17,20H,3-4,6-7,10H2,1-2H3. The molecular weight excluding hydrogens is 284 g/mol. The second-order valence-corrected chi connectivity index (χ2v) is 7.05. The molecule has 1 aromatic rings. The van der Waals surface area contributed by atoms with Gasteiger partial charge in [-0.1, -0.05) is 30.2 Å². The van der Waals surface area contributed by atoms with Gasteiger partial charge in [0, 0.05) is 17.9 Å². The van der Waals surface area contributed by atoms with Gasteiger partial charge >= 0.3 is 0 Å². The molecule has 114 valence electrons. The van der Waals surface area contributed by atoms with Crippen LogP contribution in [0.15, 0.2) is 23.8 Å².